The summed E-state index contributed by atoms with van der Waals surface area (Å²) in [4.78, 5) is 11.4. The van der Waals surface area contributed by atoms with Gasteiger partial charge < -0.3 is 0 Å². The van der Waals surface area contributed by atoms with Crippen LogP contribution in [0.4, 0.5) is 17.6 Å². The van der Waals surface area contributed by atoms with Gasteiger partial charge in [0, 0.05) is 11.5 Å². The molecule has 0 aliphatic rings. The molecule has 0 bridgehead atoms. The molecular weight excluding hydrogens is 224 g/mol. The molecule has 0 aliphatic carbocycles. The molecule has 0 aromatic heterocycles. The van der Waals surface area contributed by atoms with Gasteiger partial charge >= 0.3 is 6.18 Å². The smallest absolute Gasteiger partial charge is 0.294 e. The van der Waals surface area contributed by atoms with Gasteiger partial charge in [-0.15, -0.1) is 0 Å². The maximum Gasteiger partial charge on any atom is 0.416 e. The Balaban J connectivity index is 3.24. The summed E-state index contributed by atoms with van der Waals surface area (Å²) in [6, 6.07) is 1.86. The summed E-state index contributed by atoms with van der Waals surface area (Å²) in [5.74, 6) is -2.04. The van der Waals surface area contributed by atoms with Crippen molar-refractivity contribution in [2.45, 2.75) is 20.0 Å². The lowest BCUT2D eigenvalue weighted by Crippen LogP contribution is -2.12. The zero-order valence-electron chi connectivity index (χ0n) is 8.73. The molecular formula is C11H10F4O. The first-order valence-corrected chi connectivity index (χ1v) is 4.64. The van der Waals surface area contributed by atoms with Crippen molar-refractivity contribution in [3.8, 4) is 0 Å². The van der Waals surface area contributed by atoms with Gasteiger partial charge in [0.1, 0.15) is 5.82 Å². The summed E-state index contributed by atoms with van der Waals surface area (Å²) in [7, 11) is 0. The van der Waals surface area contributed by atoms with Gasteiger partial charge in [-0.25, -0.2) is 4.39 Å². The molecule has 0 fully saturated rings. The van der Waals surface area contributed by atoms with Gasteiger partial charge in [-0.05, 0) is 18.2 Å². The summed E-state index contributed by atoms with van der Waals surface area (Å²) in [6.07, 6.45) is -4.64. The van der Waals surface area contributed by atoms with E-state index in [2.05, 4.69) is 0 Å². The third-order valence-corrected chi connectivity index (χ3v) is 2.03. The number of benzene rings is 1. The molecule has 16 heavy (non-hydrogen) atoms. The van der Waals surface area contributed by atoms with Crippen LogP contribution in [0.25, 0.3) is 0 Å². The molecule has 1 aromatic rings. The summed E-state index contributed by atoms with van der Waals surface area (Å²) in [5, 5.41) is 0. The van der Waals surface area contributed by atoms with E-state index in [9.17, 15) is 22.4 Å². The van der Waals surface area contributed by atoms with Gasteiger partial charge in [0.25, 0.3) is 0 Å². The lowest BCUT2D eigenvalue weighted by Gasteiger charge is -2.10. The van der Waals surface area contributed by atoms with E-state index in [0.717, 1.165) is 6.07 Å². The van der Waals surface area contributed by atoms with Crippen molar-refractivity contribution in [2.24, 2.45) is 5.92 Å². The first kappa shape index (κ1) is 12.7. The maximum atomic E-state index is 12.9. The molecule has 0 unspecified atom stereocenters. The Morgan fingerprint density at radius 2 is 1.75 bits per heavy atom. The third kappa shape index (κ3) is 2.81. The van der Waals surface area contributed by atoms with Crippen LogP contribution < -0.4 is 0 Å². The number of Topliss-reactive ketones (excluding diaryl/α,β-unsaturated/α-hetero) is 1. The van der Waals surface area contributed by atoms with Crippen LogP contribution >= 0.6 is 0 Å². The minimum atomic E-state index is -4.64. The predicted molar refractivity (Wildman–Crippen MR) is 50.6 cm³/mol. The Hall–Kier alpha value is -1.39. The van der Waals surface area contributed by atoms with Crippen LogP contribution in [-0.4, -0.2) is 5.78 Å². The molecule has 1 nitrogen and oxygen atoms in total. The van der Waals surface area contributed by atoms with Gasteiger partial charge in [-0.3, -0.25) is 4.79 Å². The fourth-order valence-electron chi connectivity index (χ4n) is 1.23. The maximum absolute atomic E-state index is 12.9. The average Bonchev–Trinajstić information content (AvgIpc) is 2.14. The molecule has 88 valence electrons. The van der Waals surface area contributed by atoms with E-state index in [1.165, 1.54) is 0 Å². The Bertz CT molecular complexity index is 407. The molecule has 0 spiro atoms. The van der Waals surface area contributed by atoms with Crippen LogP contribution in [0.15, 0.2) is 18.2 Å². The van der Waals surface area contributed by atoms with Crippen LogP contribution in [-0.2, 0) is 6.18 Å². The first-order valence-electron chi connectivity index (χ1n) is 4.64. The van der Waals surface area contributed by atoms with Crippen molar-refractivity contribution in [3.05, 3.63) is 35.1 Å². The number of carbonyl (C=O) groups excluding carboxylic acids is 1. The van der Waals surface area contributed by atoms with Crippen LogP contribution in [0.1, 0.15) is 29.8 Å². The molecule has 0 aliphatic heterocycles. The first-order chi connectivity index (χ1) is 7.21. The van der Waals surface area contributed by atoms with Crippen molar-refractivity contribution in [1.82, 2.24) is 0 Å². The SMILES string of the molecule is CC(C)C(=O)c1cc(F)cc(C(F)(F)F)c1. The molecule has 0 atom stereocenters. The number of rotatable bonds is 2. The molecule has 0 amide bonds. The minimum Gasteiger partial charge on any atom is -0.294 e. The predicted octanol–water partition coefficient (Wildman–Crippen LogP) is 3.68. The second-order valence-electron chi connectivity index (χ2n) is 3.75. The largest absolute Gasteiger partial charge is 0.416 e. The zero-order valence-corrected chi connectivity index (χ0v) is 8.73. The summed E-state index contributed by atoms with van der Waals surface area (Å²) < 4.78 is 49.9. The molecule has 0 N–H and O–H groups in total. The molecule has 0 saturated carbocycles. The quantitative estimate of drug-likeness (QED) is 0.563. The van der Waals surface area contributed by atoms with Crippen LogP contribution in [0.5, 0.6) is 0 Å². The lowest BCUT2D eigenvalue weighted by molar-refractivity contribution is -0.137. The second-order valence-corrected chi connectivity index (χ2v) is 3.75. The third-order valence-electron chi connectivity index (χ3n) is 2.03. The highest BCUT2D eigenvalue weighted by atomic mass is 19.4. The second kappa shape index (κ2) is 4.23. The summed E-state index contributed by atoms with van der Waals surface area (Å²) >= 11 is 0. The molecule has 0 saturated heterocycles. The highest BCUT2D eigenvalue weighted by Gasteiger charge is 2.32. The number of halogens is 4. The number of alkyl halides is 3. The monoisotopic (exact) mass is 234 g/mol. The minimum absolute atomic E-state index is 0.248. The zero-order chi connectivity index (χ0) is 12.5. The molecule has 0 radical (unpaired) electrons. The lowest BCUT2D eigenvalue weighted by atomic mass is 9.99. The van der Waals surface area contributed by atoms with Crippen molar-refractivity contribution >= 4 is 5.78 Å². The fraction of sp³-hybridized carbons (Fsp3) is 0.364. The summed E-state index contributed by atoms with van der Waals surface area (Å²) in [6.45, 7) is 3.08. The highest BCUT2D eigenvalue weighted by molar-refractivity contribution is 5.97. The average molecular weight is 234 g/mol. The van der Waals surface area contributed by atoms with Crippen molar-refractivity contribution in [1.29, 1.82) is 0 Å². The topological polar surface area (TPSA) is 17.1 Å². The molecule has 5 heteroatoms. The van der Waals surface area contributed by atoms with Crippen LogP contribution in [0.3, 0.4) is 0 Å². The van der Waals surface area contributed by atoms with E-state index < -0.39 is 29.3 Å². The standard InChI is InChI=1S/C11H10F4O/c1-6(2)10(16)7-3-8(11(13,14)15)5-9(12)4-7/h3-6H,1-2H3. The number of hydrogen-bond acceptors (Lipinski definition) is 1. The van der Waals surface area contributed by atoms with Gasteiger partial charge in [0.15, 0.2) is 5.78 Å². The Morgan fingerprint density at radius 3 is 2.19 bits per heavy atom. The Labute approximate surface area is 90.1 Å². The Kier molecular flexibility index (Phi) is 3.35. The Morgan fingerprint density at radius 1 is 1.19 bits per heavy atom. The van der Waals surface area contributed by atoms with Gasteiger partial charge in [0.2, 0.25) is 0 Å². The van der Waals surface area contributed by atoms with E-state index in [0.29, 0.717) is 12.1 Å². The fourth-order valence-corrected chi connectivity index (χ4v) is 1.23. The highest BCUT2D eigenvalue weighted by Crippen LogP contribution is 2.30. The van der Waals surface area contributed by atoms with Crippen LogP contribution in [0.2, 0.25) is 0 Å². The molecule has 1 aromatic carbocycles. The number of hydrogen-bond donors (Lipinski definition) is 0. The number of ketones is 1. The van der Waals surface area contributed by atoms with E-state index in [4.69, 9.17) is 0 Å². The van der Waals surface area contributed by atoms with Gasteiger partial charge in [0.05, 0.1) is 5.56 Å². The van der Waals surface area contributed by atoms with E-state index in [1.54, 1.807) is 13.8 Å². The number of carbonyl (C=O) groups is 1. The van der Waals surface area contributed by atoms with Crippen molar-refractivity contribution in [3.63, 3.8) is 0 Å². The molecule has 0 heterocycles. The van der Waals surface area contributed by atoms with E-state index in [1.807, 2.05) is 0 Å². The van der Waals surface area contributed by atoms with Crippen molar-refractivity contribution in [2.75, 3.05) is 0 Å². The summed E-state index contributed by atoms with van der Waals surface area (Å²) in [5.41, 5.74) is -1.39. The van der Waals surface area contributed by atoms with E-state index >= 15 is 0 Å². The van der Waals surface area contributed by atoms with Gasteiger partial charge in [-0.2, -0.15) is 13.2 Å². The van der Waals surface area contributed by atoms with Crippen molar-refractivity contribution < 1.29 is 22.4 Å². The normalized spacial score (nSPS) is 11.9. The van der Waals surface area contributed by atoms with Gasteiger partial charge in [-0.1, -0.05) is 13.8 Å². The molecule has 1 rings (SSSR count). The van der Waals surface area contributed by atoms with Crippen LogP contribution in [0, 0.1) is 11.7 Å². The van der Waals surface area contributed by atoms with E-state index in [-0.39, 0.29) is 5.56 Å².